The molecule has 1 heterocycles. The van der Waals surface area contributed by atoms with Crippen LogP contribution in [0, 0.1) is 0 Å². The standard InChI is InChI=1S/C22H30N4O2S/c1-17(16-27-2)24-22(29)25-23-15-20-9-8-19(14-18-6-4-3-5-7-18)21(20)26-10-12-28-13-11-26/h3-7,14-15,17H,8-13,16H2,1-2H3,(H2,24,25,29)/b19-14?,23-15-/t17-/m0/s1. The lowest BCUT2D eigenvalue weighted by atomic mass is 10.1. The zero-order valence-electron chi connectivity index (χ0n) is 17.2. The number of benzene rings is 1. The van der Waals surface area contributed by atoms with Gasteiger partial charge in [0.05, 0.1) is 26.0 Å². The van der Waals surface area contributed by atoms with Gasteiger partial charge in [0.15, 0.2) is 5.11 Å². The lowest BCUT2D eigenvalue weighted by Gasteiger charge is -2.31. The Labute approximate surface area is 178 Å². The van der Waals surface area contributed by atoms with E-state index >= 15 is 0 Å². The lowest BCUT2D eigenvalue weighted by Crippen LogP contribution is -2.40. The van der Waals surface area contributed by atoms with Gasteiger partial charge in [-0.05, 0) is 54.8 Å². The first-order valence-electron chi connectivity index (χ1n) is 10.1. The lowest BCUT2D eigenvalue weighted by molar-refractivity contribution is 0.0548. The van der Waals surface area contributed by atoms with Crippen molar-refractivity contribution in [3.8, 4) is 0 Å². The molecule has 6 nitrogen and oxygen atoms in total. The summed E-state index contributed by atoms with van der Waals surface area (Å²) < 4.78 is 10.7. The maximum atomic E-state index is 5.55. The molecule has 2 N–H and O–H groups in total. The number of hydrogen-bond acceptors (Lipinski definition) is 5. The Balaban J connectivity index is 1.74. The van der Waals surface area contributed by atoms with Gasteiger partial charge in [0.25, 0.3) is 0 Å². The van der Waals surface area contributed by atoms with E-state index in [-0.39, 0.29) is 6.04 Å². The summed E-state index contributed by atoms with van der Waals surface area (Å²) in [7, 11) is 1.67. The van der Waals surface area contributed by atoms with Crippen molar-refractivity contribution in [3.05, 3.63) is 52.7 Å². The summed E-state index contributed by atoms with van der Waals surface area (Å²) in [6, 6.07) is 10.6. The van der Waals surface area contributed by atoms with Crippen LogP contribution in [0.15, 0.2) is 52.3 Å². The van der Waals surface area contributed by atoms with E-state index in [9.17, 15) is 0 Å². The molecule has 7 heteroatoms. The fourth-order valence-corrected chi connectivity index (χ4v) is 3.89. The first-order valence-corrected chi connectivity index (χ1v) is 10.5. The molecule has 29 heavy (non-hydrogen) atoms. The van der Waals surface area contributed by atoms with E-state index < -0.39 is 0 Å². The molecule has 0 aromatic heterocycles. The van der Waals surface area contributed by atoms with E-state index in [1.165, 1.54) is 22.4 Å². The van der Waals surface area contributed by atoms with E-state index in [0.717, 1.165) is 39.1 Å². The highest BCUT2D eigenvalue weighted by atomic mass is 32.1. The molecule has 0 bridgehead atoms. The third-order valence-corrected chi connectivity index (χ3v) is 5.13. The highest BCUT2D eigenvalue weighted by molar-refractivity contribution is 7.80. The van der Waals surface area contributed by atoms with Gasteiger partial charge in [0, 0.05) is 31.9 Å². The number of hydrazone groups is 1. The Hall–Kier alpha value is -2.22. The third-order valence-electron chi connectivity index (χ3n) is 4.92. The van der Waals surface area contributed by atoms with E-state index in [4.69, 9.17) is 21.7 Å². The molecular weight excluding hydrogens is 384 g/mol. The SMILES string of the molecule is COC[C@H](C)NC(=S)N/N=C\C1=C(N2CCOCC2)C(=Cc2ccccc2)CC1. The van der Waals surface area contributed by atoms with Gasteiger partial charge in [0.1, 0.15) is 0 Å². The number of nitrogens with one attached hydrogen (secondary N) is 2. The minimum absolute atomic E-state index is 0.130. The summed E-state index contributed by atoms with van der Waals surface area (Å²) >= 11 is 5.30. The molecule has 0 saturated carbocycles. The van der Waals surface area contributed by atoms with Gasteiger partial charge in [-0.25, -0.2) is 0 Å². The van der Waals surface area contributed by atoms with Crippen molar-refractivity contribution in [2.75, 3.05) is 40.0 Å². The molecule has 0 spiro atoms. The summed E-state index contributed by atoms with van der Waals surface area (Å²) in [6.07, 6.45) is 6.18. The molecule has 0 amide bonds. The van der Waals surface area contributed by atoms with Gasteiger partial charge >= 0.3 is 0 Å². The van der Waals surface area contributed by atoms with Crippen LogP contribution in [0.5, 0.6) is 0 Å². The number of allylic oxidation sites excluding steroid dienone is 2. The first-order chi connectivity index (χ1) is 14.2. The Kier molecular flexibility index (Phi) is 8.22. The van der Waals surface area contributed by atoms with Crippen molar-refractivity contribution < 1.29 is 9.47 Å². The average molecular weight is 415 g/mol. The Morgan fingerprint density at radius 3 is 2.76 bits per heavy atom. The van der Waals surface area contributed by atoms with Gasteiger partial charge in [-0.3, -0.25) is 5.43 Å². The van der Waals surface area contributed by atoms with Crippen LogP contribution in [-0.4, -0.2) is 62.3 Å². The Bertz CT molecular complexity index is 770. The predicted octanol–water partition coefficient (Wildman–Crippen LogP) is 2.93. The zero-order valence-corrected chi connectivity index (χ0v) is 18.0. The van der Waals surface area contributed by atoms with Crippen LogP contribution in [0.25, 0.3) is 6.08 Å². The molecule has 3 rings (SSSR count). The number of ether oxygens (including phenoxy) is 2. The van der Waals surface area contributed by atoms with Crippen LogP contribution in [0.1, 0.15) is 25.3 Å². The van der Waals surface area contributed by atoms with Crippen LogP contribution in [0.3, 0.4) is 0 Å². The summed E-state index contributed by atoms with van der Waals surface area (Å²) in [6.45, 7) is 5.93. The second-order valence-electron chi connectivity index (χ2n) is 7.25. The van der Waals surface area contributed by atoms with Crippen LogP contribution < -0.4 is 10.7 Å². The van der Waals surface area contributed by atoms with Gasteiger partial charge in [0.2, 0.25) is 0 Å². The molecule has 1 fully saturated rings. The second kappa shape index (κ2) is 11.1. The molecule has 1 aromatic carbocycles. The van der Waals surface area contributed by atoms with Gasteiger partial charge in [-0.1, -0.05) is 30.3 Å². The molecule has 1 aromatic rings. The molecule has 1 saturated heterocycles. The normalized spacial score (nSPS) is 19.8. The molecule has 2 aliphatic rings. The molecule has 0 unspecified atom stereocenters. The highest BCUT2D eigenvalue weighted by Crippen LogP contribution is 2.34. The quantitative estimate of drug-likeness (QED) is 0.406. The van der Waals surface area contributed by atoms with Crippen LogP contribution >= 0.6 is 12.2 Å². The van der Waals surface area contributed by atoms with Crippen LogP contribution in [-0.2, 0) is 9.47 Å². The predicted molar refractivity (Wildman–Crippen MR) is 122 cm³/mol. The number of morpholine rings is 1. The fraction of sp³-hybridized carbons (Fsp3) is 0.455. The number of thiocarbonyl (C=S) groups is 1. The van der Waals surface area contributed by atoms with E-state index in [1.807, 2.05) is 19.2 Å². The maximum Gasteiger partial charge on any atom is 0.187 e. The van der Waals surface area contributed by atoms with E-state index in [0.29, 0.717) is 11.7 Å². The zero-order chi connectivity index (χ0) is 20.5. The average Bonchev–Trinajstić information content (AvgIpc) is 3.12. The number of rotatable bonds is 7. The fourth-order valence-electron chi connectivity index (χ4n) is 3.64. The largest absolute Gasteiger partial charge is 0.383 e. The minimum Gasteiger partial charge on any atom is -0.383 e. The van der Waals surface area contributed by atoms with Gasteiger partial charge < -0.3 is 19.7 Å². The highest BCUT2D eigenvalue weighted by Gasteiger charge is 2.25. The molecule has 0 radical (unpaired) electrons. The Morgan fingerprint density at radius 1 is 1.28 bits per heavy atom. The minimum atomic E-state index is 0.130. The van der Waals surface area contributed by atoms with Crippen molar-refractivity contribution in [1.82, 2.24) is 15.6 Å². The molecule has 156 valence electrons. The van der Waals surface area contributed by atoms with Crippen molar-refractivity contribution in [2.45, 2.75) is 25.8 Å². The summed E-state index contributed by atoms with van der Waals surface area (Å²) in [5.41, 5.74) is 8.02. The van der Waals surface area contributed by atoms with E-state index in [1.54, 1.807) is 7.11 Å². The topological polar surface area (TPSA) is 58.1 Å². The summed E-state index contributed by atoms with van der Waals surface area (Å²) in [5, 5.41) is 8.04. The van der Waals surface area contributed by atoms with Gasteiger partial charge in [-0.2, -0.15) is 5.10 Å². The molecule has 1 aliphatic carbocycles. The van der Waals surface area contributed by atoms with Crippen LogP contribution in [0.4, 0.5) is 0 Å². The smallest absolute Gasteiger partial charge is 0.187 e. The van der Waals surface area contributed by atoms with Crippen molar-refractivity contribution >= 4 is 29.6 Å². The third kappa shape index (κ3) is 6.39. The summed E-state index contributed by atoms with van der Waals surface area (Å²) in [5.74, 6) is 0. The van der Waals surface area contributed by atoms with Crippen molar-refractivity contribution in [1.29, 1.82) is 0 Å². The number of methoxy groups -OCH3 is 1. The molecule has 1 atom stereocenters. The van der Waals surface area contributed by atoms with E-state index in [2.05, 4.69) is 51.1 Å². The second-order valence-corrected chi connectivity index (χ2v) is 7.66. The van der Waals surface area contributed by atoms with Crippen LogP contribution in [0.2, 0.25) is 0 Å². The van der Waals surface area contributed by atoms with Crippen molar-refractivity contribution in [2.24, 2.45) is 5.10 Å². The Morgan fingerprint density at radius 2 is 2.03 bits per heavy atom. The van der Waals surface area contributed by atoms with Crippen molar-refractivity contribution in [3.63, 3.8) is 0 Å². The van der Waals surface area contributed by atoms with Gasteiger partial charge in [-0.15, -0.1) is 0 Å². The summed E-state index contributed by atoms with van der Waals surface area (Å²) in [4.78, 5) is 2.42. The maximum absolute atomic E-state index is 5.55. The number of nitrogens with zero attached hydrogens (tertiary/aromatic N) is 2. The number of hydrogen-bond donors (Lipinski definition) is 2. The monoisotopic (exact) mass is 414 g/mol. The molecular formula is C22H30N4O2S. The first kappa shape index (κ1) is 21.5. The molecule has 1 aliphatic heterocycles.